The monoisotopic (exact) mass is 317 g/mol. The smallest absolute Gasteiger partial charge is 0.243 e. The number of rotatable bonds is 6. The van der Waals surface area contributed by atoms with Crippen molar-refractivity contribution in [1.29, 1.82) is 0 Å². The van der Waals surface area contributed by atoms with Gasteiger partial charge in [-0.25, -0.2) is 8.42 Å². The lowest BCUT2D eigenvalue weighted by Crippen LogP contribution is -2.48. The van der Waals surface area contributed by atoms with Gasteiger partial charge in [-0.15, -0.1) is 11.3 Å². The van der Waals surface area contributed by atoms with Gasteiger partial charge in [0, 0.05) is 43.0 Å². The van der Waals surface area contributed by atoms with Crippen molar-refractivity contribution in [1.82, 2.24) is 14.5 Å². The molecule has 0 aromatic carbocycles. The van der Waals surface area contributed by atoms with Crippen LogP contribution in [0.4, 0.5) is 0 Å². The molecule has 2 heterocycles. The van der Waals surface area contributed by atoms with Crippen LogP contribution in [0.3, 0.4) is 0 Å². The summed E-state index contributed by atoms with van der Waals surface area (Å²) < 4.78 is 26.7. The van der Waals surface area contributed by atoms with Crippen LogP contribution in [0.15, 0.2) is 16.3 Å². The summed E-state index contributed by atoms with van der Waals surface area (Å²) in [5.74, 6) is 0. The molecule has 5 nitrogen and oxygen atoms in total. The van der Waals surface area contributed by atoms with E-state index < -0.39 is 10.0 Å². The molecule has 1 aromatic heterocycles. The lowest BCUT2D eigenvalue weighted by atomic mass is 10.3. The molecule has 1 fully saturated rings. The highest BCUT2D eigenvalue weighted by atomic mass is 32.2. The minimum absolute atomic E-state index is 0.441. The van der Waals surface area contributed by atoms with E-state index in [-0.39, 0.29) is 0 Å². The fourth-order valence-corrected chi connectivity index (χ4v) is 5.12. The summed E-state index contributed by atoms with van der Waals surface area (Å²) in [7, 11) is -1.45. The van der Waals surface area contributed by atoms with Gasteiger partial charge < -0.3 is 10.2 Å². The third-order valence-electron chi connectivity index (χ3n) is 3.49. The van der Waals surface area contributed by atoms with Gasteiger partial charge in [-0.1, -0.05) is 6.92 Å². The zero-order chi connectivity index (χ0) is 14.6. The van der Waals surface area contributed by atoms with Crippen LogP contribution in [0.1, 0.15) is 18.2 Å². The van der Waals surface area contributed by atoms with E-state index in [1.807, 2.05) is 7.05 Å². The van der Waals surface area contributed by atoms with Crippen molar-refractivity contribution in [3.8, 4) is 0 Å². The molecule has 0 spiro atoms. The second-order valence-electron chi connectivity index (χ2n) is 5.02. The number of sulfonamides is 1. The average Bonchev–Trinajstić information content (AvgIpc) is 2.90. The Balaban J connectivity index is 2.03. The summed E-state index contributed by atoms with van der Waals surface area (Å²) in [5.41, 5.74) is 0. The zero-order valence-corrected chi connectivity index (χ0v) is 13.8. The van der Waals surface area contributed by atoms with Crippen molar-refractivity contribution in [3.63, 3.8) is 0 Å². The van der Waals surface area contributed by atoms with E-state index in [2.05, 4.69) is 17.1 Å². The standard InChI is InChI=1S/C13H23N3O2S2/c1-3-4-15-5-7-16(8-6-15)20(17,18)13-9-12(10-14-2)19-11-13/h9,11,14H,3-8,10H2,1-2H3. The van der Waals surface area contributed by atoms with Gasteiger partial charge in [-0.2, -0.15) is 4.31 Å². The number of nitrogens with one attached hydrogen (secondary N) is 1. The molecule has 0 radical (unpaired) electrons. The molecule has 1 saturated heterocycles. The van der Waals surface area contributed by atoms with Crippen LogP contribution in [0.5, 0.6) is 0 Å². The van der Waals surface area contributed by atoms with Gasteiger partial charge in [0.1, 0.15) is 0 Å². The maximum absolute atomic E-state index is 12.6. The number of hydrogen-bond donors (Lipinski definition) is 1. The van der Waals surface area contributed by atoms with Crippen molar-refractivity contribution in [3.05, 3.63) is 16.3 Å². The Kier molecular flexibility index (Phi) is 5.57. The predicted octanol–water partition coefficient (Wildman–Crippen LogP) is 1.18. The van der Waals surface area contributed by atoms with Crippen molar-refractivity contribution in [2.45, 2.75) is 24.8 Å². The molecule has 2 rings (SSSR count). The van der Waals surface area contributed by atoms with E-state index in [4.69, 9.17) is 0 Å². The van der Waals surface area contributed by atoms with E-state index in [1.165, 1.54) is 11.3 Å². The van der Waals surface area contributed by atoms with Gasteiger partial charge in [0.05, 0.1) is 4.90 Å². The summed E-state index contributed by atoms with van der Waals surface area (Å²) in [5, 5.41) is 4.79. The molecule has 114 valence electrons. The molecule has 1 aromatic rings. The lowest BCUT2D eigenvalue weighted by Gasteiger charge is -2.33. The van der Waals surface area contributed by atoms with Crippen LogP contribution >= 0.6 is 11.3 Å². The molecular weight excluding hydrogens is 294 g/mol. The number of nitrogens with zero attached hydrogens (tertiary/aromatic N) is 2. The lowest BCUT2D eigenvalue weighted by molar-refractivity contribution is 0.188. The average molecular weight is 317 g/mol. The molecule has 0 atom stereocenters. The van der Waals surface area contributed by atoms with Crippen LogP contribution in [-0.2, 0) is 16.6 Å². The molecule has 0 aliphatic carbocycles. The van der Waals surface area contributed by atoms with Crippen molar-refractivity contribution in [2.75, 3.05) is 39.8 Å². The minimum Gasteiger partial charge on any atom is -0.315 e. The van der Waals surface area contributed by atoms with Crippen molar-refractivity contribution in [2.24, 2.45) is 0 Å². The first-order valence-electron chi connectivity index (χ1n) is 7.02. The molecule has 7 heteroatoms. The maximum Gasteiger partial charge on any atom is 0.243 e. The SMILES string of the molecule is CCCN1CCN(S(=O)(=O)c2csc(CNC)c2)CC1. The normalized spacial score (nSPS) is 18.5. The second kappa shape index (κ2) is 7.00. The topological polar surface area (TPSA) is 52.7 Å². The Morgan fingerprint density at radius 2 is 2.00 bits per heavy atom. The van der Waals surface area contributed by atoms with Crippen LogP contribution in [0.2, 0.25) is 0 Å². The minimum atomic E-state index is -3.31. The summed E-state index contributed by atoms with van der Waals surface area (Å²) >= 11 is 1.49. The van der Waals surface area contributed by atoms with Crippen LogP contribution in [0.25, 0.3) is 0 Å². The highest BCUT2D eigenvalue weighted by Gasteiger charge is 2.28. The summed E-state index contributed by atoms with van der Waals surface area (Å²) in [6.45, 7) is 6.78. The van der Waals surface area contributed by atoms with Gasteiger partial charge in [-0.05, 0) is 26.1 Å². The van der Waals surface area contributed by atoms with Crippen molar-refractivity contribution >= 4 is 21.4 Å². The van der Waals surface area contributed by atoms with E-state index in [0.29, 0.717) is 24.5 Å². The predicted molar refractivity (Wildman–Crippen MR) is 82.6 cm³/mol. The molecular formula is C13H23N3O2S2. The number of hydrogen-bond acceptors (Lipinski definition) is 5. The zero-order valence-electron chi connectivity index (χ0n) is 12.1. The molecule has 20 heavy (non-hydrogen) atoms. The van der Waals surface area contributed by atoms with Crippen LogP contribution in [0, 0.1) is 0 Å². The van der Waals surface area contributed by atoms with E-state index in [0.717, 1.165) is 30.9 Å². The fourth-order valence-electron chi connectivity index (χ4n) is 2.42. The Bertz CT molecular complexity index is 519. The first-order valence-corrected chi connectivity index (χ1v) is 9.34. The van der Waals surface area contributed by atoms with Gasteiger partial charge in [0.2, 0.25) is 10.0 Å². The van der Waals surface area contributed by atoms with E-state index >= 15 is 0 Å². The highest BCUT2D eigenvalue weighted by molar-refractivity contribution is 7.89. The molecule has 1 aliphatic heterocycles. The fraction of sp³-hybridized carbons (Fsp3) is 0.692. The molecule has 0 amide bonds. The quantitative estimate of drug-likeness (QED) is 0.856. The summed E-state index contributed by atoms with van der Waals surface area (Å²) in [4.78, 5) is 3.82. The highest BCUT2D eigenvalue weighted by Crippen LogP contribution is 2.23. The van der Waals surface area contributed by atoms with E-state index in [9.17, 15) is 8.42 Å². The van der Waals surface area contributed by atoms with E-state index in [1.54, 1.807) is 15.8 Å². The Labute approximate surface area is 125 Å². The third-order valence-corrected chi connectivity index (χ3v) is 6.45. The summed E-state index contributed by atoms with van der Waals surface area (Å²) in [6.07, 6.45) is 1.12. The van der Waals surface area contributed by atoms with Gasteiger partial charge in [0.25, 0.3) is 0 Å². The molecule has 0 bridgehead atoms. The van der Waals surface area contributed by atoms with Crippen molar-refractivity contribution < 1.29 is 8.42 Å². The van der Waals surface area contributed by atoms with Crippen LogP contribution < -0.4 is 5.32 Å². The Hall–Kier alpha value is -0.470. The number of piperazine rings is 1. The van der Waals surface area contributed by atoms with Gasteiger partial charge >= 0.3 is 0 Å². The maximum atomic E-state index is 12.6. The van der Waals surface area contributed by atoms with Gasteiger partial charge in [0.15, 0.2) is 0 Å². The molecule has 0 unspecified atom stereocenters. The Morgan fingerprint density at radius 1 is 1.30 bits per heavy atom. The summed E-state index contributed by atoms with van der Waals surface area (Å²) in [6, 6.07) is 1.79. The molecule has 1 aliphatic rings. The Morgan fingerprint density at radius 3 is 2.60 bits per heavy atom. The molecule has 0 saturated carbocycles. The first-order chi connectivity index (χ1) is 9.57. The first kappa shape index (κ1) is 15.9. The second-order valence-corrected chi connectivity index (χ2v) is 7.96. The largest absolute Gasteiger partial charge is 0.315 e. The van der Waals surface area contributed by atoms with Gasteiger partial charge in [-0.3, -0.25) is 0 Å². The third kappa shape index (κ3) is 3.59. The van der Waals surface area contributed by atoms with Crippen LogP contribution in [-0.4, -0.2) is 57.4 Å². The molecule has 1 N–H and O–H groups in total. The number of thiophene rings is 1.